The lowest BCUT2D eigenvalue weighted by atomic mass is 10.4. The first-order valence-electron chi connectivity index (χ1n) is 8.11. The number of hydrogen-bond donors (Lipinski definition) is 0. The molecular weight excluding hydrogens is 314 g/mol. The molecular formula is C15H21N5S2. The summed E-state index contributed by atoms with van der Waals surface area (Å²) in [6.45, 7) is 4.41. The summed E-state index contributed by atoms with van der Waals surface area (Å²) in [6, 6.07) is 0.620. The Morgan fingerprint density at radius 1 is 1.27 bits per heavy atom. The summed E-state index contributed by atoms with van der Waals surface area (Å²) in [7, 11) is 0. The highest BCUT2D eigenvalue weighted by molar-refractivity contribution is 7.98. The molecule has 1 aliphatic heterocycles. The number of thiazole rings is 1. The fourth-order valence-corrected chi connectivity index (χ4v) is 4.61. The number of aromatic nitrogens is 4. The maximum Gasteiger partial charge on any atom is 0.228 e. The van der Waals surface area contributed by atoms with Gasteiger partial charge in [0.25, 0.3) is 0 Å². The molecule has 0 unspecified atom stereocenters. The van der Waals surface area contributed by atoms with E-state index in [-0.39, 0.29) is 0 Å². The Bertz CT molecular complexity index is 640. The predicted molar refractivity (Wildman–Crippen MR) is 90.8 cm³/mol. The fraction of sp³-hybridized carbons (Fsp3) is 0.667. The SMILES string of the molecule is CCc1nc(CSc2nnc(N3CCCC3)n2C2CC2)cs1. The van der Waals surface area contributed by atoms with Crippen molar-refractivity contribution in [3.63, 3.8) is 0 Å². The highest BCUT2D eigenvalue weighted by atomic mass is 32.2. The molecule has 0 N–H and O–H groups in total. The molecule has 2 aromatic heterocycles. The maximum absolute atomic E-state index is 4.65. The summed E-state index contributed by atoms with van der Waals surface area (Å²) in [5.74, 6) is 1.98. The van der Waals surface area contributed by atoms with Crippen molar-refractivity contribution in [1.82, 2.24) is 19.7 Å². The Kier molecular flexibility index (Phi) is 4.09. The van der Waals surface area contributed by atoms with Crippen molar-refractivity contribution < 1.29 is 0 Å². The normalized spacial score (nSPS) is 18.3. The fourth-order valence-electron chi connectivity index (χ4n) is 2.87. The van der Waals surface area contributed by atoms with Crippen LogP contribution in [-0.2, 0) is 12.2 Å². The van der Waals surface area contributed by atoms with E-state index >= 15 is 0 Å². The van der Waals surface area contributed by atoms with E-state index in [2.05, 4.69) is 37.0 Å². The third-order valence-corrected chi connectivity index (χ3v) is 6.22. The van der Waals surface area contributed by atoms with Gasteiger partial charge in [0.1, 0.15) is 0 Å². The molecule has 2 fully saturated rings. The molecule has 0 atom stereocenters. The number of hydrogen-bond acceptors (Lipinski definition) is 6. The summed E-state index contributed by atoms with van der Waals surface area (Å²) in [5.41, 5.74) is 1.17. The van der Waals surface area contributed by atoms with E-state index in [1.54, 1.807) is 23.1 Å². The van der Waals surface area contributed by atoms with Gasteiger partial charge in [-0.2, -0.15) is 0 Å². The molecule has 7 heteroatoms. The van der Waals surface area contributed by atoms with E-state index in [0.717, 1.165) is 36.4 Å². The second kappa shape index (κ2) is 6.20. The average molecular weight is 336 g/mol. The van der Waals surface area contributed by atoms with E-state index in [1.807, 2.05) is 0 Å². The van der Waals surface area contributed by atoms with Crippen molar-refractivity contribution >= 4 is 29.0 Å². The van der Waals surface area contributed by atoms with Gasteiger partial charge in [-0.1, -0.05) is 18.7 Å². The minimum Gasteiger partial charge on any atom is -0.341 e. The largest absolute Gasteiger partial charge is 0.341 e. The quantitative estimate of drug-likeness (QED) is 0.756. The van der Waals surface area contributed by atoms with Crippen LogP contribution in [0.4, 0.5) is 5.95 Å². The van der Waals surface area contributed by atoms with Gasteiger partial charge < -0.3 is 4.90 Å². The summed E-state index contributed by atoms with van der Waals surface area (Å²) >= 11 is 3.54. The lowest BCUT2D eigenvalue weighted by Gasteiger charge is -2.17. The van der Waals surface area contributed by atoms with Gasteiger partial charge in [-0.3, -0.25) is 4.57 Å². The van der Waals surface area contributed by atoms with Gasteiger partial charge in [-0.05, 0) is 32.1 Å². The van der Waals surface area contributed by atoms with Gasteiger partial charge >= 0.3 is 0 Å². The van der Waals surface area contributed by atoms with Gasteiger partial charge in [-0.25, -0.2) is 4.98 Å². The molecule has 5 nitrogen and oxygen atoms in total. The zero-order valence-electron chi connectivity index (χ0n) is 12.9. The van der Waals surface area contributed by atoms with Crippen LogP contribution in [-0.4, -0.2) is 32.8 Å². The number of thioether (sulfide) groups is 1. The Balaban J connectivity index is 1.51. The van der Waals surface area contributed by atoms with Crippen molar-refractivity contribution in [2.75, 3.05) is 18.0 Å². The van der Waals surface area contributed by atoms with Crippen LogP contribution in [0.3, 0.4) is 0 Å². The second-order valence-electron chi connectivity index (χ2n) is 5.95. The topological polar surface area (TPSA) is 46.8 Å². The number of nitrogens with zero attached hydrogens (tertiary/aromatic N) is 5. The van der Waals surface area contributed by atoms with Crippen molar-refractivity contribution in [2.24, 2.45) is 0 Å². The Morgan fingerprint density at radius 3 is 2.77 bits per heavy atom. The number of anilines is 1. The van der Waals surface area contributed by atoms with Crippen LogP contribution in [0.15, 0.2) is 10.5 Å². The molecule has 0 radical (unpaired) electrons. The van der Waals surface area contributed by atoms with Crippen LogP contribution < -0.4 is 4.90 Å². The maximum atomic E-state index is 4.65. The second-order valence-corrected chi connectivity index (χ2v) is 7.84. The molecule has 0 bridgehead atoms. The van der Waals surface area contributed by atoms with Crippen LogP contribution in [0.1, 0.15) is 49.4 Å². The third-order valence-electron chi connectivity index (χ3n) is 4.20. The minimum absolute atomic E-state index is 0.620. The standard InChI is InChI=1S/C15H21N5S2/c1-2-13-16-11(9-21-13)10-22-15-18-17-14(19-7-3-4-8-19)20(15)12-5-6-12/h9,12H,2-8,10H2,1H3. The van der Waals surface area contributed by atoms with E-state index in [0.29, 0.717) is 6.04 Å². The van der Waals surface area contributed by atoms with Crippen LogP contribution in [0.2, 0.25) is 0 Å². The van der Waals surface area contributed by atoms with Crippen LogP contribution >= 0.6 is 23.1 Å². The number of rotatable bonds is 6. The van der Waals surface area contributed by atoms with Gasteiger partial charge in [0.05, 0.1) is 10.7 Å². The zero-order chi connectivity index (χ0) is 14.9. The highest BCUT2D eigenvalue weighted by Crippen LogP contribution is 2.41. The van der Waals surface area contributed by atoms with Gasteiger partial charge in [0.15, 0.2) is 5.16 Å². The molecule has 0 spiro atoms. The first-order valence-corrected chi connectivity index (χ1v) is 9.97. The molecule has 0 amide bonds. The minimum atomic E-state index is 0.620. The molecule has 1 saturated heterocycles. The highest BCUT2D eigenvalue weighted by Gasteiger charge is 2.32. The average Bonchev–Trinajstić information content (AvgIpc) is 3.00. The predicted octanol–water partition coefficient (Wildman–Crippen LogP) is 3.52. The molecule has 22 heavy (non-hydrogen) atoms. The molecule has 0 aromatic carbocycles. The van der Waals surface area contributed by atoms with Gasteiger partial charge in [0, 0.05) is 30.3 Å². The smallest absolute Gasteiger partial charge is 0.228 e. The Morgan fingerprint density at radius 2 is 2.09 bits per heavy atom. The first kappa shape index (κ1) is 14.5. The van der Waals surface area contributed by atoms with E-state index in [9.17, 15) is 0 Å². The molecule has 1 saturated carbocycles. The lowest BCUT2D eigenvalue weighted by Crippen LogP contribution is -2.22. The van der Waals surface area contributed by atoms with Gasteiger partial charge in [0.2, 0.25) is 5.95 Å². The third kappa shape index (κ3) is 2.88. The summed E-state index contributed by atoms with van der Waals surface area (Å²) in [5, 5.41) is 13.4. The monoisotopic (exact) mass is 335 g/mol. The number of aryl methyl sites for hydroxylation is 1. The van der Waals surface area contributed by atoms with Gasteiger partial charge in [-0.15, -0.1) is 21.5 Å². The Hall–Kier alpha value is -1.08. The molecule has 4 rings (SSSR count). The van der Waals surface area contributed by atoms with Crippen LogP contribution in [0, 0.1) is 0 Å². The zero-order valence-corrected chi connectivity index (χ0v) is 14.5. The van der Waals surface area contributed by atoms with Crippen LogP contribution in [0.5, 0.6) is 0 Å². The summed E-state index contributed by atoms with van der Waals surface area (Å²) < 4.78 is 2.38. The van der Waals surface area contributed by atoms with E-state index in [1.165, 1.54) is 36.4 Å². The van der Waals surface area contributed by atoms with E-state index < -0.39 is 0 Å². The summed E-state index contributed by atoms with van der Waals surface area (Å²) in [6.07, 6.45) is 6.11. The molecule has 2 aliphatic rings. The molecule has 3 heterocycles. The van der Waals surface area contributed by atoms with Crippen LogP contribution in [0.25, 0.3) is 0 Å². The molecule has 1 aliphatic carbocycles. The lowest BCUT2D eigenvalue weighted by molar-refractivity contribution is 0.651. The molecule has 118 valence electrons. The van der Waals surface area contributed by atoms with Crippen molar-refractivity contribution in [1.29, 1.82) is 0 Å². The first-order chi connectivity index (χ1) is 10.8. The van der Waals surface area contributed by atoms with Crippen molar-refractivity contribution in [2.45, 2.75) is 56.0 Å². The summed E-state index contributed by atoms with van der Waals surface area (Å²) in [4.78, 5) is 7.04. The van der Waals surface area contributed by atoms with Crippen molar-refractivity contribution in [3.05, 3.63) is 16.1 Å². The Labute approximate surface area is 139 Å². The molecule has 2 aromatic rings. The van der Waals surface area contributed by atoms with E-state index in [4.69, 9.17) is 0 Å². The van der Waals surface area contributed by atoms with Crippen molar-refractivity contribution in [3.8, 4) is 0 Å².